The first-order chi connectivity index (χ1) is 12.9. The summed E-state index contributed by atoms with van der Waals surface area (Å²) >= 11 is 0. The Morgan fingerprint density at radius 1 is 0.808 bits per heavy atom. The molecule has 0 saturated heterocycles. The Balaban J connectivity index is 1.81. The molecule has 0 saturated carbocycles. The normalized spacial score (nSPS) is 10.3. The standard InChI is InChI=1S/C25H22O/c1-26-20-10-18-22-12-6-5-11-21(22)16-9-17-24-15-7-8-19-25(24)23-13-3-2-4-14-23/h2-8,10-15,19-20H,16,18H2,1H3/b20-10+. The predicted octanol–water partition coefficient (Wildman–Crippen LogP) is 5.65. The Labute approximate surface area is 156 Å². The maximum atomic E-state index is 4.99. The predicted molar refractivity (Wildman–Crippen MR) is 109 cm³/mol. The molecule has 128 valence electrons. The van der Waals surface area contributed by atoms with Gasteiger partial charge in [-0.2, -0.15) is 0 Å². The van der Waals surface area contributed by atoms with E-state index in [4.69, 9.17) is 4.74 Å². The van der Waals surface area contributed by atoms with Gasteiger partial charge in [0.05, 0.1) is 13.4 Å². The van der Waals surface area contributed by atoms with Crippen LogP contribution in [-0.2, 0) is 17.6 Å². The Bertz CT molecular complexity index is 927. The monoisotopic (exact) mass is 338 g/mol. The van der Waals surface area contributed by atoms with Crippen LogP contribution in [0.25, 0.3) is 11.1 Å². The summed E-state index contributed by atoms with van der Waals surface area (Å²) in [4.78, 5) is 0. The second-order valence-corrected chi connectivity index (χ2v) is 5.97. The van der Waals surface area contributed by atoms with Crippen LogP contribution in [0.5, 0.6) is 0 Å². The van der Waals surface area contributed by atoms with Crippen molar-refractivity contribution in [3.05, 3.63) is 108 Å². The Kier molecular flexibility index (Phi) is 6.29. The van der Waals surface area contributed by atoms with Gasteiger partial charge in [-0.15, -0.1) is 0 Å². The van der Waals surface area contributed by atoms with Crippen molar-refractivity contribution in [3.63, 3.8) is 0 Å². The van der Waals surface area contributed by atoms with Gasteiger partial charge in [-0.1, -0.05) is 84.6 Å². The molecule has 0 aliphatic heterocycles. The van der Waals surface area contributed by atoms with Crippen molar-refractivity contribution in [2.45, 2.75) is 12.8 Å². The number of hydrogen-bond acceptors (Lipinski definition) is 1. The fraction of sp³-hybridized carbons (Fsp3) is 0.120. The van der Waals surface area contributed by atoms with Crippen molar-refractivity contribution in [1.29, 1.82) is 0 Å². The highest BCUT2D eigenvalue weighted by atomic mass is 16.5. The minimum atomic E-state index is 0.736. The number of methoxy groups -OCH3 is 1. The molecule has 0 bridgehead atoms. The minimum Gasteiger partial charge on any atom is -0.505 e. The summed E-state index contributed by atoms with van der Waals surface area (Å²) in [6, 6.07) is 27.1. The van der Waals surface area contributed by atoms with Crippen LogP contribution in [0.15, 0.2) is 91.2 Å². The highest BCUT2D eigenvalue weighted by molar-refractivity contribution is 5.71. The summed E-state index contributed by atoms with van der Waals surface area (Å²) in [6.45, 7) is 0. The molecule has 3 rings (SSSR count). The van der Waals surface area contributed by atoms with E-state index in [9.17, 15) is 0 Å². The molecule has 0 spiro atoms. The molecule has 0 atom stereocenters. The summed E-state index contributed by atoms with van der Waals surface area (Å²) in [7, 11) is 1.66. The zero-order chi connectivity index (χ0) is 18.0. The van der Waals surface area contributed by atoms with Crippen LogP contribution < -0.4 is 0 Å². The van der Waals surface area contributed by atoms with Gasteiger partial charge in [0.1, 0.15) is 0 Å². The fourth-order valence-corrected chi connectivity index (χ4v) is 2.90. The van der Waals surface area contributed by atoms with Crippen molar-refractivity contribution in [1.82, 2.24) is 0 Å². The Hall–Kier alpha value is -3.24. The number of benzene rings is 3. The van der Waals surface area contributed by atoms with E-state index in [0.717, 1.165) is 18.4 Å². The lowest BCUT2D eigenvalue weighted by atomic mass is 9.99. The summed E-state index contributed by atoms with van der Waals surface area (Å²) in [6.07, 6.45) is 5.34. The molecule has 26 heavy (non-hydrogen) atoms. The van der Waals surface area contributed by atoms with E-state index < -0.39 is 0 Å². The average molecular weight is 338 g/mol. The molecular formula is C25H22O. The Morgan fingerprint density at radius 3 is 2.31 bits per heavy atom. The molecule has 0 unspecified atom stereocenters. The number of rotatable bonds is 5. The lowest BCUT2D eigenvalue weighted by Gasteiger charge is -2.05. The van der Waals surface area contributed by atoms with Gasteiger partial charge in [0, 0.05) is 12.0 Å². The van der Waals surface area contributed by atoms with Crippen LogP contribution in [0.4, 0.5) is 0 Å². The van der Waals surface area contributed by atoms with Crippen LogP contribution in [-0.4, -0.2) is 7.11 Å². The summed E-state index contributed by atoms with van der Waals surface area (Å²) in [5.74, 6) is 6.72. The molecule has 1 heteroatoms. The van der Waals surface area contributed by atoms with E-state index >= 15 is 0 Å². The third kappa shape index (κ3) is 4.65. The largest absolute Gasteiger partial charge is 0.505 e. The maximum Gasteiger partial charge on any atom is 0.0788 e. The van der Waals surface area contributed by atoms with Crippen LogP contribution in [0.3, 0.4) is 0 Å². The fourth-order valence-electron chi connectivity index (χ4n) is 2.90. The lowest BCUT2D eigenvalue weighted by molar-refractivity contribution is 0.337. The van der Waals surface area contributed by atoms with Gasteiger partial charge in [-0.25, -0.2) is 0 Å². The zero-order valence-corrected chi connectivity index (χ0v) is 15.0. The highest BCUT2D eigenvalue weighted by Crippen LogP contribution is 2.22. The molecule has 0 aromatic heterocycles. The van der Waals surface area contributed by atoms with Crippen LogP contribution in [0, 0.1) is 11.8 Å². The number of hydrogen-bond donors (Lipinski definition) is 0. The van der Waals surface area contributed by atoms with Gasteiger partial charge in [0.25, 0.3) is 0 Å². The SMILES string of the molecule is CO/C=C/Cc1ccccc1CC#Cc1ccccc1-c1ccccc1. The molecule has 1 nitrogen and oxygen atoms in total. The zero-order valence-electron chi connectivity index (χ0n) is 15.0. The molecule has 0 aliphatic rings. The number of ether oxygens (including phenoxy) is 1. The average Bonchev–Trinajstić information content (AvgIpc) is 2.70. The van der Waals surface area contributed by atoms with Gasteiger partial charge in [0.15, 0.2) is 0 Å². The second-order valence-electron chi connectivity index (χ2n) is 5.97. The van der Waals surface area contributed by atoms with Crippen molar-refractivity contribution in [2.24, 2.45) is 0 Å². The lowest BCUT2D eigenvalue weighted by Crippen LogP contribution is -1.92. The third-order valence-corrected chi connectivity index (χ3v) is 4.20. The molecule has 0 fully saturated rings. The van der Waals surface area contributed by atoms with Crippen LogP contribution in [0.2, 0.25) is 0 Å². The van der Waals surface area contributed by atoms with Gasteiger partial charge in [-0.05, 0) is 40.8 Å². The van der Waals surface area contributed by atoms with E-state index in [0.29, 0.717) is 0 Å². The van der Waals surface area contributed by atoms with E-state index in [1.807, 2.05) is 18.2 Å². The summed E-state index contributed by atoms with van der Waals surface area (Å²) < 4.78 is 4.99. The van der Waals surface area contributed by atoms with E-state index in [-0.39, 0.29) is 0 Å². The topological polar surface area (TPSA) is 9.23 Å². The first kappa shape index (κ1) is 17.6. The van der Waals surface area contributed by atoms with Crippen molar-refractivity contribution < 1.29 is 4.74 Å². The van der Waals surface area contributed by atoms with Crippen molar-refractivity contribution in [3.8, 4) is 23.0 Å². The molecule has 3 aromatic rings. The molecule has 0 heterocycles. The van der Waals surface area contributed by atoms with E-state index in [2.05, 4.69) is 78.6 Å². The smallest absolute Gasteiger partial charge is 0.0788 e. The van der Waals surface area contributed by atoms with Gasteiger partial charge >= 0.3 is 0 Å². The summed E-state index contributed by atoms with van der Waals surface area (Å²) in [5.41, 5.74) is 5.99. The van der Waals surface area contributed by atoms with Crippen molar-refractivity contribution in [2.75, 3.05) is 7.11 Å². The van der Waals surface area contributed by atoms with E-state index in [1.54, 1.807) is 13.4 Å². The summed E-state index contributed by atoms with van der Waals surface area (Å²) in [5, 5.41) is 0. The quantitative estimate of drug-likeness (QED) is 0.431. The van der Waals surface area contributed by atoms with E-state index in [1.165, 1.54) is 22.3 Å². The number of allylic oxidation sites excluding steroid dienone is 1. The minimum absolute atomic E-state index is 0.736. The molecule has 3 aromatic carbocycles. The first-order valence-corrected chi connectivity index (χ1v) is 8.76. The van der Waals surface area contributed by atoms with Gasteiger partial charge in [-0.3, -0.25) is 0 Å². The molecule has 0 N–H and O–H groups in total. The maximum absolute atomic E-state index is 4.99. The second kappa shape index (κ2) is 9.30. The molecule has 0 radical (unpaired) electrons. The first-order valence-electron chi connectivity index (χ1n) is 8.76. The molecular weight excluding hydrogens is 316 g/mol. The van der Waals surface area contributed by atoms with Crippen molar-refractivity contribution >= 4 is 0 Å². The highest BCUT2D eigenvalue weighted by Gasteiger charge is 2.02. The van der Waals surface area contributed by atoms with Crippen LogP contribution >= 0.6 is 0 Å². The molecule has 0 amide bonds. The van der Waals surface area contributed by atoms with Gasteiger partial charge in [0.2, 0.25) is 0 Å². The Morgan fingerprint density at radius 2 is 1.50 bits per heavy atom. The van der Waals surface area contributed by atoms with Gasteiger partial charge < -0.3 is 4.74 Å². The third-order valence-electron chi connectivity index (χ3n) is 4.20. The van der Waals surface area contributed by atoms with Crippen LogP contribution in [0.1, 0.15) is 16.7 Å². The molecule has 0 aliphatic carbocycles.